The van der Waals surface area contributed by atoms with Gasteiger partial charge in [-0.25, -0.2) is 38.0 Å². The number of imidazole rings is 2. The van der Waals surface area contributed by atoms with E-state index in [1.807, 2.05) is 4.98 Å². The van der Waals surface area contributed by atoms with E-state index in [4.69, 9.17) is 54.0 Å². The molecule has 6 unspecified atom stereocenters. The molecule has 0 spiro atoms. The summed E-state index contributed by atoms with van der Waals surface area (Å²) in [6, 6.07) is 0.909. The van der Waals surface area contributed by atoms with E-state index in [0.29, 0.717) is 4.57 Å². The number of rotatable bonds is 21. The minimum Gasteiger partial charge on any atom is -0.756 e. The van der Waals surface area contributed by atoms with E-state index in [1.54, 1.807) is 0 Å². The topological polar surface area (TPSA) is 559 Å². The second-order valence-electron chi connectivity index (χ2n) is 16.3. The van der Waals surface area contributed by atoms with Crippen molar-refractivity contribution in [2.24, 2.45) is 18.1 Å². The first-order chi connectivity index (χ1) is 35.2. The van der Waals surface area contributed by atoms with E-state index < -0.39 is 148 Å². The van der Waals surface area contributed by atoms with Crippen LogP contribution in [0.5, 0.6) is 0 Å². The Balaban J connectivity index is 0.944. The summed E-state index contributed by atoms with van der Waals surface area (Å²) in [6.07, 6.45) is -14.2. The van der Waals surface area contributed by atoms with Crippen molar-refractivity contribution in [3.8, 4) is 0 Å². The monoisotopic (exact) mass is 1150 g/mol. The van der Waals surface area contributed by atoms with Crippen molar-refractivity contribution in [2.45, 2.75) is 67.5 Å². The standard InChI is InChI=1S/C32H43N15O24P4/c1-44-11-47(26-18(44)27(52)42-31(34)41-26)28-19(49)12(5-39-43-35)13(66-28)6-64-73(56,57)70-75(60,61)71-74(58,59)65-8-15-22(23(62-2)30(68-15)46-10-38-17-24(33)36-9-37-25(17)46)69-72(54,55)63-7-14-20(50)21(51)29(67-14)45-4-3-16(48)40-32(45)53/h3-4,9-15,19-23,28-30,49-51H,5-8H2,1-2H3,(H9-,33,34,36,37,40,41,42,48,52,53,54,55,56,57,58,59,60,61)/t12?,13-,14-,15?,19-,20-,21-,22-,23-,28-,29-,30-/m1/s1. The molecule has 8 rings (SSSR count). The van der Waals surface area contributed by atoms with Crippen LogP contribution in [0.15, 0.2) is 50.7 Å². The van der Waals surface area contributed by atoms with E-state index in [0.717, 1.165) is 36.6 Å². The molecule has 410 valence electrons. The van der Waals surface area contributed by atoms with Gasteiger partial charge < -0.3 is 74.4 Å². The van der Waals surface area contributed by atoms with Gasteiger partial charge in [-0.15, -0.1) is 0 Å². The molecule has 5 aromatic rings. The van der Waals surface area contributed by atoms with Gasteiger partial charge in [-0.1, -0.05) is 5.11 Å². The Morgan fingerprint density at radius 3 is 2.13 bits per heavy atom. The quantitative estimate of drug-likeness (QED) is 0.0110. The number of anilines is 2. The molecule has 0 aliphatic carbocycles. The first-order valence-electron chi connectivity index (χ1n) is 21.1. The van der Waals surface area contributed by atoms with Gasteiger partial charge >= 0.3 is 34.7 Å². The van der Waals surface area contributed by atoms with Crippen LogP contribution >= 0.6 is 31.3 Å². The van der Waals surface area contributed by atoms with Gasteiger partial charge in [-0.05, 0) is 5.53 Å². The molecule has 3 aliphatic heterocycles. The van der Waals surface area contributed by atoms with Crippen LogP contribution in [0.4, 0.5) is 11.8 Å². The summed E-state index contributed by atoms with van der Waals surface area (Å²) in [6.45, 7) is -3.98. The number of aliphatic hydroxyl groups excluding tert-OH is 3. The van der Waals surface area contributed by atoms with Gasteiger partial charge in [0.1, 0.15) is 54.6 Å². The Labute approximate surface area is 415 Å². The molecule has 0 aromatic carbocycles. The van der Waals surface area contributed by atoms with Gasteiger partial charge in [0.2, 0.25) is 18.5 Å². The molecule has 12 N–H and O–H groups in total. The molecule has 75 heavy (non-hydrogen) atoms. The second-order valence-corrected chi connectivity index (χ2v) is 22.3. The third-order valence-electron chi connectivity index (χ3n) is 11.5. The van der Waals surface area contributed by atoms with Crippen molar-refractivity contribution in [1.82, 2.24) is 43.6 Å². The van der Waals surface area contributed by atoms with Gasteiger partial charge in [0.15, 0.2) is 23.9 Å². The number of nitrogens with two attached hydrogens (primary N) is 2. The van der Waals surface area contributed by atoms with E-state index in [2.05, 4.69) is 43.6 Å². The summed E-state index contributed by atoms with van der Waals surface area (Å²) in [5.41, 5.74) is 18.0. The van der Waals surface area contributed by atoms with Crippen molar-refractivity contribution >= 4 is 65.4 Å². The predicted molar refractivity (Wildman–Crippen MR) is 237 cm³/mol. The highest BCUT2D eigenvalue weighted by Crippen LogP contribution is 2.68. The summed E-state index contributed by atoms with van der Waals surface area (Å²) in [5, 5.41) is 35.9. The number of phosphoric ester groups is 3. The largest absolute Gasteiger partial charge is 0.756 e. The van der Waals surface area contributed by atoms with Gasteiger partial charge in [0.05, 0.1) is 39.3 Å². The molecule has 3 saturated heterocycles. The lowest BCUT2D eigenvalue weighted by molar-refractivity contribution is -0.646. The van der Waals surface area contributed by atoms with Crippen molar-refractivity contribution in [3.63, 3.8) is 0 Å². The zero-order valence-corrected chi connectivity index (χ0v) is 41.6. The molecule has 43 heteroatoms. The number of aromatic nitrogens is 10. The van der Waals surface area contributed by atoms with Crippen molar-refractivity contribution < 1.29 is 103 Å². The molecular weight excluding hydrogens is 1100 g/mol. The van der Waals surface area contributed by atoms with Crippen LogP contribution in [0.3, 0.4) is 0 Å². The van der Waals surface area contributed by atoms with Crippen LogP contribution in [0.2, 0.25) is 0 Å². The van der Waals surface area contributed by atoms with Gasteiger partial charge in [-0.3, -0.25) is 42.3 Å². The first kappa shape index (κ1) is 55.9. The maximum atomic E-state index is 13.5. The summed E-state index contributed by atoms with van der Waals surface area (Å²) in [7, 11) is -21.3. The number of H-pyrrole nitrogens is 2. The molecule has 5 aromatic heterocycles. The van der Waals surface area contributed by atoms with Crippen LogP contribution in [-0.2, 0) is 71.0 Å². The highest BCUT2D eigenvalue weighted by molar-refractivity contribution is 7.66. The van der Waals surface area contributed by atoms with Crippen molar-refractivity contribution in [3.05, 3.63) is 72.9 Å². The fourth-order valence-corrected chi connectivity index (χ4v) is 12.7. The van der Waals surface area contributed by atoms with Crippen molar-refractivity contribution in [2.75, 3.05) is 44.9 Å². The number of methoxy groups -OCH3 is 1. The van der Waals surface area contributed by atoms with Crippen molar-refractivity contribution in [1.29, 1.82) is 0 Å². The lowest BCUT2D eigenvalue weighted by Crippen LogP contribution is -2.39. The minimum atomic E-state index is -6.23. The van der Waals surface area contributed by atoms with Crippen LogP contribution in [0.1, 0.15) is 18.7 Å². The van der Waals surface area contributed by atoms with Crippen LogP contribution in [0.25, 0.3) is 32.8 Å². The van der Waals surface area contributed by atoms with Gasteiger partial charge in [0, 0.05) is 36.7 Å². The highest BCUT2D eigenvalue weighted by Gasteiger charge is 2.53. The molecule has 8 heterocycles. The normalized spacial score (nSPS) is 30.2. The molecular formula is C32H43N15O24P4. The highest BCUT2D eigenvalue weighted by atomic mass is 31.3. The van der Waals surface area contributed by atoms with E-state index in [1.165, 1.54) is 22.5 Å². The number of aromatic amines is 2. The number of nitrogen functional groups attached to an aromatic ring is 2. The minimum absolute atomic E-state index is 0.0169. The number of fused-ring (bicyclic) bond motifs is 2. The molecule has 39 nitrogen and oxygen atoms in total. The molecule has 0 bridgehead atoms. The summed E-state index contributed by atoms with van der Waals surface area (Å²) < 4.78 is 108. The number of nitrogens with zero attached hydrogens (tertiary/aromatic N) is 11. The zero-order chi connectivity index (χ0) is 54.5. The smallest absolute Gasteiger partial charge is 0.490 e. The molecule has 0 radical (unpaired) electrons. The number of azide groups is 1. The maximum Gasteiger partial charge on any atom is 0.490 e. The molecule has 16 atom stereocenters. The number of ether oxygens (including phenoxy) is 4. The summed E-state index contributed by atoms with van der Waals surface area (Å²) in [5.74, 6) is -1.65. The second kappa shape index (κ2) is 21.6. The lowest BCUT2D eigenvalue weighted by Gasteiger charge is -2.31. The van der Waals surface area contributed by atoms with Gasteiger partial charge in [0.25, 0.3) is 24.5 Å². The predicted octanol–water partition coefficient (Wildman–Crippen LogP) is -3.94. The van der Waals surface area contributed by atoms with E-state index in [9.17, 15) is 67.5 Å². The number of hydrogen-bond donors (Lipinski definition) is 10. The number of aryl methyl sites for hydroxylation is 1. The third-order valence-corrected chi connectivity index (χ3v) is 16.7. The Kier molecular flexibility index (Phi) is 16.1. The van der Waals surface area contributed by atoms with Crippen LogP contribution in [0, 0.1) is 5.92 Å². The third kappa shape index (κ3) is 12.0. The van der Waals surface area contributed by atoms with Gasteiger partial charge in [-0.2, -0.15) is 18.2 Å². The molecule has 3 aliphatic rings. The number of hydrogen-bond acceptors (Lipinski definition) is 28. The number of phosphoric acid groups is 4. The Morgan fingerprint density at radius 1 is 0.827 bits per heavy atom. The fourth-order valence-electron chi connectivity index (χ4n) is 8.22. The average Bonchev–Trinajstić information content (AvgIpc) is 4.12. The number of nitrogens with one attached hydrogen (secondary N) is 2. The van der Waals surface area contributed by atoms with Crippen LogP contribution < -0.4 is 37.7 Å². The zero-order valence-electron chi connectivity index (χ0n) is 38.0. The van der Waals surface area contributed by atoms with E-state index in [-0.39, 0.29) is 34.1 Å². The Hall–Kier alpha value is -5.27. The SMILES string of the molecule is CO[C@@H]1[C@H](OP(=O)([O-])OC[C@H]2O[C@@H](n3ccc(=O)[nH]c3=O)[C@H](O)[C@@H]2O)C(COP(=O)(O)OP(=O)(O)OP(=O)(O)OC[C@H]2O[C@@H](n3c[n+](C)c4c(=O)[nH]c(N)nc43)[C@H](O)C2CN=[N+]=[N-])O[C@H]1n1cnc2c(N)ncnc21. The lowest BCUT2D eigenvalue weighted by atomic mass is 9.98. The molecule has 0 saturated carbocycles. The molecule has 0 amide bonds. The van der Waals surface area contributed by atoms with E-state index >= 15 is 0 Å². The summed E-state index contributed by atoms with van der Waals surface area (Å²) >= 11 is 0. The Bertz CT molecular complexity index is 3390. The fraction of sp³-hybridized carbons (Fsp3) is 0.562. The van der Waals surface area contributed by atoms with Crippen LogP contribution in [-0.4, -0.2) is 156 Å². The molecule has 3 fully saturated rings. The number of aliphatic hydroxyl groups is 3. The first-order valence-corrected chi connectivity index (χ1v) is 27.1. The average molecular weight is 1150 g/mol. The summed E-state index contributed by atoms with van der Waals surface area (Å²) in [4.78, 5) is 104. The Morgan fingerprint density at radius 2 is 1.47 bits per heavy atom. The maximum absolute atomic E-state index is 13.5.